The third kappa shape index (κ3) is 4.27. The predicted octanol–water partition coefficient (Wildman–Crippen LogP) is 3.49. The number of nitrogens with zero attached hydrogens (tertiary/aromatic N) is 3. The van der Waals surface area contributed by atoms with Gasteiger partial charge in [-0.25, -0.2) is 9.37 Å². The number of hydrogen-bond acceptors (Lipinski definition) is 7. The SMILES string of the molecule is C[C@H](Oc1cc(Cl)nc(C(N)=C2CCC[C@@]3(CCCCC3=O)C2=O)n1)[C@@H]1C[C@@H](F)CN1C. The molecule has 2 heterocycles. The summed E-state index contributed by atoms with van der Waals surface area (Å²) in [4.78, 5) is 36.6. The molecule has 9 heteroatoms. The molecule has 1 spiro atoms. The van der Waals surface area contributed by atoms with E-state index in [4.69, 9.17) is 22.1 Å². The van der Waals surface area contributed by atoms with Gasteiger partial charge in [-0.2, -0.15) is 4.98 Å². The minimum Gasteiger partial charge on any atom is -0.473 e. The molecule has 0 unspecified atom stereocenters. The standard InChI is InChI=1S/C23H30ClFN4O3/c1-13(16-10-14(25)12-29(16)2)32-19-11-18(24)27-22(28-19)20(26)15-6-5-9-23(21(15)31)8-4-3-7-17(23)30/h11,13-14,16H,3-10,12,26H2,1-2H3/t13-,14+,16-,23+/m0/s1. The monoisotopic (exact) mass is 464 g/mol. The van der Waals surface area contributed by atoms with E-state index in [1.165, 1.54) is 6.07 Å². The van der Waals surface area contributed by atoms with E-state index < -0.39 is 11.6 Å². The molecule has 1 saturated heterocycles. The molecule has 0 amide bonds. The Morgan fingerprint density at radius 2 is 2.03 bits per heavy atom. The molecule has 4 atom stereocenters. The fraction of sp³-hybridized carbons (Fsp3) is 0.652. The molecule has 1 aliphatic heterocycles. The summed E-state index contributed by atoms with van der Waals surface area (Å²) in [5, 5.41) is 0.135. The highest BCUT2D eigenvalue weighted by Gasteiger charge is 2.49. The molecule has 0 radical (unpaired) electrons. The highest BCUT2D eigenvalue weighted by atomic mass is 35.5. The summed E-state index contributed by atoms with van der Waals surface area (Å²) in [6.45, 7) is 2.23. The van der Waals surface area contributed by atoms with Crippen molar-refractivity contribution in [2.45, 2.75) is 76.6 Å². The number of ether oxygens (including phenoxy) is 1. The Hall–Kier alpha value is -2.06. The summed E-state index contributed by atoms with van der Waals surface area (Å²) < 4.78 is 19.7. The van der Waals surface area contributed by atoms with E-state index in [-0.39, 0.29) is 46.3 Å². The van der Waals surface area contributed by atoms with Gasteiger partial charge in [-0.1, -0.05) is 18.0 Å². The molecule has 2 aliphatic carbocycles. The Labute approximate surface area is 192 Å². The predicted molar refractivity (Wildman–Crippen MR) is 119 cm³/mol. The number of rotatable bonds is 4. The van der Waals surface area contributed by atoms with Gasteiger partial charge in [0.25, 0.3) is 0 Å². The van der Waals surface area contributed by atoms with Crippen molar-refractivity contribution in [3.63, 3.8) is 0 Å². The number of likely N-dealkylation sites (N-methyl/N-ethyl adjacent to an activating group) is 1. The molecule has 7 nitrogen and oxygen atoms in total. The normalized spacial score (nSPS) is 31.8. The van der Waals surface area contributed by atoms with Crippen LogP contribution in [0.4, 0.5) is 4.39 Å². The Balaban J connectivity index is 1.60. The Bertz CT molecular complexity index is 951. The van der Waals surface area contributed by atoms with Crippen LogP contribution in [-0.4, -0.2) is 58.3 Å². The number of Topliss-reactive ketones (excluding diaryl/α,β-unsaturated/α-hetero) is 2. The third-order valence-corrected chi connectivity index (χ3v) is 7.36. The van der Waals surface area contributed by atoms with Crippen molar-refractivity contribution in [2.24, 2.45) is 11.1 Å². The molecule has 4 rings (SSSR count). The van der Waals surface area contributed by atoms with Gasteiger partial charge >= 0.3 is 0 Å². The topological polar surface area (TPSA) is 98.4 Å². The molecular weight excluding hydrogens is 435 g/mol. The van der Waals surface area contributed by atoms with E-state index >= 15 is 0 Å². The van der Waals surface area contributed by atoms with Crippen LogP contribution < -0.4 is 10.5 Å². The van der Waals surface area contributed by atoms with E-state index in [1.54, 1.807) is 0 Å². The fourth-order valence-electron chi connectivity index (χ4n) is 5.43. The van der Waals surface area contributed by atoms with Gasteiger partial charge in [0.1, 0.15) is 23.2 Å². The van der Waals surface area contributed by atoms with Crippen molar-refractivity contribution in [2.75, 3.05) is 13.6 Å². The number of hydrogen-bond donors (Lipinski definition) is 1. The molecule has 0 bridgehead atoms. The van der Waals surface area contributed by atoms with Crippen LogP contribution in [0.15, 0.2) is 11.6 Å². The molecule has 3 aliphatic rings. The van der Waals surface area contributed by atoms with Crippen molar-refractivity contribution < 1.29 is 18.7 Å². The zero-order valence-electron chi connectivity index (χ0n) is 18.6. The van der Waals surface area contributed by atoms with Gasteiger partial charge in [0.15, 0.2) is 11.6 Å². The summed E-state index contributed by atoms with van der Waals surface area (Å²) in [5.74, 6) is 0.173. The highest BCUT2D eigenvalue weighted by Crippen LogP contribution is 2.45. The smallest absolute Gasteiger partial charge is 0.218 e. The Morgan fingerprint density at radius 1 is 1.28 bits per heavy atom. The van der Waals surface area contributed by atoms with E-state index in [2.05, 4.69) is 9.97 Å². The van der Waals surface area contributed by atoms with Gasteiger partial charge in [-0.3, -0.25) is 14.5 Å². The zero-order valence-corrected chi connectivity index (χ0v) is 19.3. The van der Waals surface area contributed by atoms with E-state index in [1.807, 2.05) is 18.9 Å². The number of alkyl halides is 1. The molecule has 3 fully saturated rings. The lowest BCUT2D eigenvalue weighted by Crippen LogP contribution is -2.45. The number of carbonyl (C=O) groups excluding carboxylic acids is 2. The Kier molecular flexibility index (Phi) is 6.54. The summed E-state index contributed by atoms with van der Waals surface area (Å²) in [6.07, 6.45) is 3.67. The van der Waals surface area contributed by atoms with Crippen LogP contribution >= 0.6 is 11.6 Å². The Morgan fingerprint density at radius 3 is 2.72 bits per heavy atom. The number of likely N-dealkylation sites (tertiary alicyclic amines) is 1. The summed E-state index contributed by atoms with van der Waals surface area (Å²) in [6, 6.07) is 1.39. The summed E-state index contributed by atoms with van der Waals surface area (Å²) in [7, 11) is 1.86. The van der Waals surface area contributed by atoms with Crippen molar-refractivity contribution in [3.8, 4) is 5.88 Å². The average molecular weight is 465 g/mol. The first-order valence-corrected chi connectivity index (χ1v) is 11.7. The molecule has 174 valence electrons. The van der Waals surface area contributed by atoms with Crippen LogP contribution in [0.5, 0.6) is 5.88 Å². The summed E-state index contributed by atoms with van der Waals surface area (Å²) >= 11 is 6.21. The molecule has 1 aromatic heterocycles. The first kappa shape index (κ1) is 23.1. The lowest BCUT2D eigenvalue weighted by molar-refractivity contribution is -0.143. The van der Waals surface area contributed by atoms with Crippen LogP contribution in [0.2, 0.25) is 5.15 Å². The minimum absolute atomic E-state index is 0.0236. The second-order valence-corrected chi connectivity index (χ2v) is 9.69. The van der Waals surface area contributed by atoms with Crippen molar-refractivity contribution in [3.05, 3.63) is 22.6 Å². The molecule has 1 aromatic rings. The maximum absolute atomic E-state index is 13.8. The van der Waals surface area contributed by atoms with E-state index in [0.717, 1.165) is 12.8 Å². The van der Waals surface area contributed by atoms with Gasteiger partial charge in [0.05, 0.1) is 11.1 Å². The van der Waals surface area contributed by atoms with E-state index in [9.17, 15) is 14.0 Å². The summed E-state index contributed by atoms with van der Waals surface area (Å²) in [5.41, 5.74) is 5.98. The molecular formula is C23H30ClFN4O3. The molecule has 0 aromatic carbocycles. The van der Waals surface area contributed by atoms with Crippen LogP contribution in [0.25, 0.3) is 5.70 Å². The molecule has 2 N–H and O–H groups in total. The largest absolute Gasteiger partial charge is 0.473 e. The first-order chi connectivity index (χ1) is 15.2. The fourth-order valence-corrected chi connectivity index (χ4v) is 5.60. The van der Waals surface area contributed by atoms with Gasteiger partial charge in [0, 0.05) is 30.6 Å². The zero-order chi connectivity index (χ0) is 23.0. The van der Waals surface area contributed by atoms with Crippen LogP contribution in [0.3, 0.4) is 0 Å². The second kappa shape index (κ2) is 9.06. The van der Waals surface area contributed by atoms with Crippen molar-refractivity contribution >= 4 is 28.9 Å². The van der Waals surface area contributed by atoms with Crippen LogP contribution in [0, 0.1) is 5.41 Å². The number of carbonyl (C=O) groups is 2. The maximum atomic E-state index is 13.8. The van der Waals surface area contributed by atoms with Crippen LogP contribution in [0.1, 0.15) is 64.1 Å². The quantitative estimate of drug-likeness (QED) is 0.413. The van der Waals surface area contributed by atoms with E-state index in [0.29, 0.717) is 50.6 Å². The first-order valence-electron chi connectivity index (χ1n) is 11.3. The van der Waals surface area contributed by atoms with Crippen LogP contribution in [-0.2, 0) is 9.59 Å². The third-order valence-electron chi connectivity index (χ3n) is 7.17. The molecule has 32 heavy (non-hydrogen) atoms. The number of ketones is 2. The van der Waals surface area contributed by atoms with Gasteiger partial charge in [-0.15, -0.1) is 0 Å². The lowest BCUT2D eigenvalue weighted by atomic mass is 9.62. The van der Waals surface area contributed by atoms with Gasteiger partial charge in [0.2, 0.25) is 5.88 Å². The number of halogens is 2. The minimum atomic E-state index is -0.946. The second-order valence-electron chi connectivity index (χ2n) is 9.30. The van der Waals surface area contributed by atoms with Crippen molar-refractivity contribution in [1.82, 2.24) is 14.9 Å². The highest BCUT2D eigenvalue weighted by molar-refractivity contribution is 6.29. The average Bonchev–Trinajstić information content (AvgIpc) is 3.09. The number of aromatic nitrogens is 2. The molecule has 2 saturated carbocycles. The van der Waals surface area contributed by atoms with Gasteiger partial charge < -0.3 is 10.5 Å². The maximum Gasteiger partial charge on any atom is 0.218 e. The lowest BCUT2D eigenvalue weighted by Gasteiger charge is -2.38. The number of nitrogens with two attached hydrogens (primary N) is 1. The number of allylic oxidation sites excluding steroid dienone is 1. The van der Waals surface area contributed by atoms with Crippen molar-refractivity contribution in [1.29, 1.82) is 0 Å². The van der Waals surface area contributed by atoms with Gasteiger partial charge in [-0.05, 0) is 52.5 Å².